The van der Waals surface area contributed by atoms with Crippen molar-refractivity contribution < 1.29 is 5.11 Å². The Hall–Kier alpha value is -0.860. The van der Waals surface area contributed by atoms with E-state index in [2.05, 4.69) is 11.9 Å². The first-order chi connectivity index (χ1) is 8.27. The molecule has 2 rings (SSSR count). The Kier molecular flexibility index (Phi) is 4.57. The van der Waals surface area contributed by atoms with Gasteiger partial charge in [-0.1, -0.05) is 49.6 Å². The van der Waals surface area contributed by atoms with Crippen LogP contribution < -0.4 is 0 Å². The van der Waals surface area contributed by atoms with E-state index < -0.39 is 0 Å². The topological polar surface area (TPSA) is 23.5 Å². The van der Waals surface area contributed by atoms with Crippen molar-refractivity contribution >= 4 is 0 Å². The van der Waals surface area contributed by atoms with Crippen molar-refractivity contribution in [2.45, 2.75) is 44.2 Å². The largest absolute Gasteiger partial charge is 0.387 e. The van der Waals surface area contributed by atoms with Gasteiger partial charge in [0.1, 0.15) is 0 Å². The van der Waals surface area contributed by atoms with Crippen molar-refractivity contribution in [3.8, 4) is 0 Å². The van der Waals surface area contributed by atoms with Crippen molar-refractivity contribution in [1.29, 1.82) is 0 Å². The molecule has 0 aliphatic heterocycles. The summed E-state index contributed by atoms with van der Waals surface area (Å²) in [6, 6.07) is 10.6. The SMILES string of the molecule is CN(CC(O)c1ccccc1)C1CCCCC1. The van der Waals surface area contributed by atoms with Gasteiger partial charge in [0, 0.05) is 12.6 Å². The second-order valence-corrected chi connectivity index (χ2v) is 5.16. The van der Waals surface area contributed by atoms with Crippen LogP contribution in [-0.2, 0) is 0 Å². The second kappa shape index (κ2) is 6.18. The maximum atomic E-state index is 10.2. The molecule has 1 aromatic rings. The first-order valence-electron chi connectivity index (χ1n) is 6.70. The van der Waals surface area contributed by atoms with Crippen LogP contribution in [0, 0.1) is 0 Å². The normalized spacial score (nSPS) is 19.5. The van der Waals surface area contributed by atoms with Gasteiger partial charge in [0.05, 0.1) is 6.10 Å². The van der Waals surface area contributed by atoms with Crippen LogP contribution in [0.3, 0.4) is 0 Å². The van der Waals surface area contributed by atoms with Crippen LogP contribution in [0.2, 0.25) is 0 Å². The smallest absolute Gasteiger partial charge is 0.0916 e. The molecule has 0 spiro atoms. The van der Waals surface area contributed by atoms with Gasteiger partial charge in [0.2, 0.25) is 0 Å². The molecule has 0 saturated heterocycles. The lowest BCUT2D eigenvalue weighted by Crippen LogP contribution is -2.36. The number of aliphatic hydroxyl groups excluding tert-OH is 1. The average molecular weight is 233 g/mol. The summed E-state index contributed by atoms with van der Waals surface area (Å²) in [7, 11) is 2.14. The fourth-order valence-electron chi connectivity index (χ4n) is 2.72. The number of hydrogen-bond donors (Lipinski definition) is 1. The Labute approximate surface area is 104 Å². The van der Waals surface area contributed by atoms with Crippen LogP contribution in [0.1, 0.15) is 43.8 Å². The van der Waals surface area contributed by atoms with Crippen molar-refractivity contribution in [2.75, 3.05) is 13.6 Å². The molecular weight excluding hydrogens is 210 g/mol. The minimum absolute atomic E-state index is 0.358. The second-order valence-electron chi connectivity index (χ2n) is 5.16. The summed E-state index contributed by atoms with van der Waals surface area (Å²) in [5.41, 5.74) is 1.02. The van der Waals surface area contributed by atoms with Gasteiger partial charge >= 0.3 is 0 Å². The summed E-state index contributed by atoms with van der Waals surface area (Å²) in [5, 5.41) is 10.2. The third-order valence-corrected chi connectivity index (χ3v) is 3.84. The Balaban J connectivity index is 1.87. The zero-order valence-electron chi connectivity index (χ0n) is 10.7. The third kappa shape index (κ3) is 3.55. The van der Waals surface area contributed by atoms with E-state index in [1.54, 1.807) is 0 Å². The van der Waals surface area contributed by atoms with E-state index in [0.717, 1.165) is 12.1 Å². The predicted molar refractivity (Wildman–Crippen MR) is 70.9 cm³/mol. The van der Waals surface area contributed by atoms with Gasteiger partial charge in [0.15, 0.2) is 0 Å². The van der Waals surface area contributed by atoms with Crippen LogP contribution in [-0.4, -0.2) is 29.6 Å². The quantitative estimate of drug-likeness (QED) is 0.864. The van der Waals surface area contributed by atoms with E-state index in [4.69, 9.17) is 0 Å². The Morgan fingerprint density at radius 2 is 1.82 bits per heavy atom. The van der Waals surface area contributed by atoms with E-state index in [1.807, 2.05) is 30.3 Å². The molecule has 1 unspecified atom stereocenters. The fraction of sp³-hybridized carbons (Fsp3) is 0.600. The molecule has 0 aromatic heterocycles. The van der Waals surface area contributed by atoms with Crippen LogP contribution in [0.25, 0.3) is 0 Å². The van der Waals surface area contributed by atoms with E-state index in [0.29, 0.717) is 6.04 Å². The Morgan fingerprint density at radius 1 is 1.18 bits per heavy atom. The molecule has 1 saturated carbocycles. The molecular formula is C15H23NO. The van der Waals surface area contributed by atoms with Gasteiger partial charge in [-0.25, -0.2) is 0 Å². The third-order valence-electron chi connectivity index (χ3n) is 3.84. The molecule has 2 heteroatoms. The van der Waals surface area contributed by atoms with Crippen LogP contribution in [0.4, 0.5) is 0 Å². The number of aliphatic hydroxyl groups is 1. The summed E-state index contributed by atoms with van der Waals surface area (Å²) in [6.07, 6.45) is 6.29. The van der Waals surface area contributed by atoms with Crippen molar-refractivity contribution in [3.05, 3.63) is 35.9 Å². The van der Waals surface area contributed by atoms with Crippen molar-refractivity contribution in [2.24, 2.45) is 0 Å². The number of nitrogens with zero attached hydrogens (tertiary/aromatic N) is 1. The molecule has 0 radical (unpaired) electrons. The summed E-state index contributed by atoms with van der Waals surface area (Å²) in [5.74, 6) is 0. The summed E-state index contributed by atoms with van der Waals surface area (Å²) >= 11 is 0. The zero-order chi connectivity index (χ0) is 12.1. The van der Waals surface area contributed by atoms with Gasteiger partial charge in [-0.05, 0) is 25.5 Å². The average Bonchev–Trinajstić information content (AvgIpc) is 2.40. The fourth-order valence-corrected chi connectivity index (χ4v) is 2.72. The van der Waals surface area contributed by atoms with Crippen LogP contribution in [0.5, 0.6) is 0 Å². The van der Waals surface area contributed by atoms with E-state index in [9.17, 15) is 5.11 Å². The number of likely N-dealkylation sites (N-methyl/N-ethyl adjacent to an activating group) is 1. The molecule has 2 nitrogen and oxygen atoms in total. The molecule has 0 bridgehead atoms. The molecule has 0 heterocycles. The lowest BCUT2D eigenvalue weighted by Gasteiger charge is -2.32. The van der Waals surface area contributed by atoms with Crippen molar-refractivity contribution in [3.63, 3.8) is 0 Å². The zero-order valence-corrected chi connectivity index (χ0v) is 10.7. The molecule has 94 valence electrons. The van der Waals surface area contributed by atoms with Gasteiger partial charge < -0.3 is 10.0 Å². The highest BCUT2D eigenvalue weighted by atomic mass is 16.3. The maximum Gasteiger partial charge on any atom is 0.0916 e. The molecule has 1 fully saturated rings. The van der Waals surface area contributed by atoms with E-state index in [1.165, 1.54) is 32.1 Å². The summed E-state index contributed by atoms with van der Waals surface area (Å²) in [6.45, 7) is 0.745. The van der Waals surface area contributed by atoms with Crippen LogP contribution >= 0.6 is 0 Å². The summed E-state index contributed by atoms with van der Waals surface area (Å²) < 4.78 is 0. The van der Waals surface area contributed by atoms with Crippen molar-refractivity contribution in [1.82, 2.24) is 4.90 Å². The first-order valence-corrected chi connectivity index (χ1v) is 6.70. The van der Waals surface area contributed by atoms with Gasteiger partial charge in [0.25, 0.3) is 0 Å². The molecule has 1 aliphatic rings. The number of benzene rings is 1. The van der Waals surface area contributed by atoms with E-state index in [-0.39, 0.29) is 6.10 Å². The van der Waals surface area contributed by atoms with Gasteiger partial charge in [-0.3, -0.25) is 0 Å². The molecule has 1 aliphatic carbocycles. The predicted octanol–water partition coefficient (Wildman–Crippen LogP) is 2.98. The molecule has 0 amide bonds. The van der Waals surface area contributed by atoms with Crippen LogP contribution in [0.15, 0.2) is 30.3 Å². The highest BCUT2D eigenvalue weighted by molar-refractivity contribution is 5.17. The highest BCUT2D eigenvalue weighted by Crippen LogP contribution is 2.23. The highest BCUT2D eigenvalue weighted by Gasteiger charge is 2.20. The minimum atomic E-state index is -0.358. The Bertz CT molecular complexity index is 319. The first kappa shape index (κ1) is 12.6. The molecule has 17 heavy (non-hydrogen) atoms. The molecule has 1 atom stereocenters. The summed E-state index contributed by atoms with van der Waals surface area (Å²) in [4.78, 5) is 2.33. The van der Waals surface area contributed by atoms with Gasteiger partial charge in [-0.15, -0.1) is 0 Å². The monoisotopic (exact) mass is 233 g/mol. The number of hydrogen-bond acceptors (Lipinski definition) is 2. The lowest BCUT2D eigenvalue weighted by atomic mass is 9.94. The Morgan fingerprint density at radius 3 is 2.47 bits per heavy atom. The maximum absolute atomic E-state index is 10.2. The molecule has 1 aromatic carbocycles. The number of rotatable bonds is 4. The lowest BCUT2D eigenvalue weighted by molar-refractivity contribution is 0.0914. The van der Waals surface area contributed by atoms with Gasteiger partial charge in [-0.2, -0.15) is 0 Å². The molecule has 1 N–H and O–H groups in total. The van der Waals surface area contributed by atoms with E-state index >= 15 is 0 Å². The standard InChI is InChI=1S/C15H23NO/c1-16(14-10-6-3-7-11-14)12-15(17)13-8-4-2-5-9-13/h2,4-5,8-9,14-15,17H,3,6-7,10-12H2,1H3. The minimum Gasteiger partial charge on any atom is -0.387 e.